The van der Waals surface area contributed by atoms with E-state index in [9.17, 15) is 8.78 Å². The molecule has 7 nitrogen and oxygen atoms in total. The Morgan fingerprint density at radius 2 is 2.03 bits per heavy atom. The Bertz CT molecular complexity index is 857. The molecule has 1 fully saturated rings. The van der Waals surface area contributed by atoms with Gasteiger partial charge in [0.2, 0.25) is 0 Å². The van der Waals surface area contributed by atoms with Crippen LogP contribution in [0.15, 0.2) is 23.2 Å². The van der Waals surface area contributed by atoms with Crippen LogP contribution in [0.3, 0.4) is 0 Å². The minimum Gasteiger partial charge on any atom is -0.365 e. The minimum absolute atomic E-state index is 0. The fraction of sp³-hybridized carbons (Fsp3) is 0.550. The highest BCUT2D eigenvalue weighted by molar-refractivity contribution is 14.0. The molecule has 0 radical (unpaired) electrons. The molecular weight excluding hydrogens is 535 g/mol. The second-order valence-electron chi connectivity index (χ2n) is 7.31. The molecular formula is C20H30F2IN7S. The number of nitrogens with zero attached hydrogens (tertiary/aromatic N) is 5. The molecule has 0 bridgehead atoms. The number of guanidine groups is 1. The minimum atomic E-state index is -0.530. The van der Waals surface area contributed by atoms with Gasteiger partial charge in [-0.25, -0.2) is 13.8 Å². The second kappa shape index (κ2) is 12.4. The molecule has 0 spiro atoms. The summed E-state index contributed by atoms with van der Waals surface area (Å²) in [6.45, 7) is 4.18. The molecule has 2 aromatic rings. The van der Waals surface area contributed by atoms with Crippen LogP contribution in [0.1, 0.15) is 24.5 Å². The summed E-state index contributed by atoms with van der Waals surface area (Å²) in [5, 5.41) is 15.0. The molecule has 3 rings (SSSR count). The van der Waals surface area contributed by atoms with Crippen molar-refractivity contribution in [3.63, 3.8) is 0 Å². The first-order chi connectivity index (χ1) is 14.5. The number of thioether (sulfide) groups is 1. The molecule has 1 aliphatic rings. The zero-order valence-corrected chi connectivity index (χ0v) is 21.2. The number of benzene rings is 1. The summed E-state index contributed by atoms with van der Waals surface area (Å²) < 4.78 is 30.2. The number of nitrogens with one attached hydrogen (secondary N) is 2. The summed E-state index contributed by atoms with van der Waals surface area (Å²) in [6, 6.07) is 4.01. The summed E-state index contributed by atoms with van der Waals surface area (Å²) >= 11 is 1.80. The summed E-state index contributed by atoms with van der Waals surface area (Å²) in [5.74, 6) is 2.29. The predicted octanol–water partition coefficient (Wildman–Crippen LogP) is 3.09. The van der Waals surface area contributed by atoms with Crippen LogP contribution in [0, 0.1) is 18.6 Å². The fourth-order valence-corrected chi connectivity index (χ4v) is 3.81. The topological polar surface area (TPSA) is 70.4 Å². The van der Waals surface area contributed by atoms with Crippen LogP contribution in [0.25, 0.3) is 0 Å². The number of aliphatic imine (C=N–C) groups is 1. The highest BCUT2D eigenvalue weighted by Crippen LogP contribution is 2.26. The van der Waals surface area contributed by atoms with Crippen LogP contribution in [-0.2, 0) is 13.6 Å². The van der Waals surface area contributed by atoms with Gasteiger partial charge in [0, 0.05) is 32.7 Å². The molecule has 1 saturated heterocycles. The summed E-state index contributed by atoms with van der Waals surface area (Å²) in [6.07, 6.45) is 3.86. The van der Waals surface area contributed by atoms with Crippen LogP contribution in [0.2, 0.25) is 0 Å². The zero-order valence-electron chi connectivity index (χ0n) is 18.1. The first kappa shape index (κ1) is 25.6. The Morgan fingerprint density at radius 1 is 1.29 bits per heavy atom. The number of rotatable bonds is 8. The molecule has 31 heavy (non-hydrogen) atoms. The van der Waals surface area contributed by atoms with Gasteiger partial charge in [0.1, 0.15) is 29.7 Å². The molecule has 1 atom stereocenters. The number of halogens is 3. The second-order valence-corrected chi connectivity index (χ2v) is 8.29. The maximum atomic E-state index is 14.1. The molecule has 2 heterocycles. The fourth-order valence-electron chi connectivity index (χ4n) is 3.38. The number of hydrogen-bond donors (Lipinski definition) is 2. The quantitative estimate of drug-likeness (QED) is 0.222. The van der Waals surface area contributed by atoms with Gasteiger partial charge in [-0.15, -0.1) is 34.2 Å². The maximum absolute atomic E-state index is 14.1. The summed E-state index contributed by atoms with van der Waals surface area (Å²) in [4.78, 5) is 6.41. The van der Waals surface area contributed by atoms with Crippen LogP contribution < -0.4 is 15.5 Å². The molecule has 172 valence electrons. The number of aromatic nitrogens is 3. The van der Waals surface area contributed by atoms with E-state index in [4.69, 9.17) is 0 Å². The average molecular weight is 565 g/mol. The largest absolute Gasteiger partial charge is 0.365 e. The molecule has 1 aliphatic heterocycles. The van der Waals surface area contributed by atoms with Gasteiger partial charge in [-0.2, -0.15) is 11.8 Å². The van der Waals surface area contributed by atoms with Crippen molar-refractivity contribution in [3.8, 4) is 0 Å². The van der Waals surface area contributed by atoms with E-state index in [0.717, 1.165) is 36.8 Å². The molecule has 1 aromatic heterocycles. The van der Waals surface area contributed by atoms with Crippen LogP contribution in [-0.4, -0.2) is 58.4 Å². The standard InChI is InChI=1S/C20H29F2N7S.HI/c1-14-26-27-18(28(14)2)12-24-20(23-9-5-11-30-3)25-15-8-10-29(13-15)19-16(21)6-4-7-17(19)22;/h4,6-7,15H,5,8-13H2,1-3H3,(H2,23,24,25);1H. The van der Waals surface area contributed by atoms with Crippen molar-refractivity contribution in [3.05, 3.63) is 41.5 Å². The number of para-hydroxylation sites is 1. The van der Waals surface area contributed by atoms with Gasteiger partial charge in [0.25, 0.3) is 0 Å². The third kappa shape index (κ3) is 6.93. The lowest BCUT2D eigenvalue weighted by atomic mass is 10.2. The van der Waals surface area contributed by atoms with Crippen molar-refractivity contribution < 1.29 is 8.78 Å². The third-order valence-electron chi connectivity index (χ3n) is 5.16. The summed E-state index contributed by atoms with van der Waals surface area (Å²) in [7, 11) is 1.91. The smallest absolute Gasteiger partial charge is 0.191 e. The molecule has 0 amide bonds. The molecule has 1 unspecified atom stereocenters. The van der Waals surface area contributed by atoms with Gasteiger partial charge in [0.05, 0.1) is 0 Å². The van der Waals surface area contributed by atoms with Gasteiger partial charge in [0.15, 0.2) is 11.8 Å². The van der Waals surface area contributed by atoms with Crippen LogP contribution >= 0.6 is 35.7 Å². The van der Waals surface area contributed by atoms with E-state index in [2.05, 4.69) is 32.1 Å². The molecule has 0 saturated carbocycles. The number of aryl methyl sites for hydroxylation is 1. The van der Waals surface area contributed by atoms with E-state index in [0.29, 0.717) is 25.6 Å². The van der Waals surface area contributed by atoms with E-state index in [1.807, 2.05) is 18.5 Å². The van der Waals surface area contributed by atoms with E-state index >= 15 is 0 Å². The van der Waals surface area contributed by atoms with Crippen molar-refractivity contribution in [2.45, 2.75) is 32.4 Å². The number of hydrogen-bond acceptors (Lipinski definition) is 5. The van der Waals surface area contributed by atoms with Gasteiger partial charge in [-0.3, -0.25) is 0 Å². The van der Waals surface area contributed by atoms with Crippen molar-refractivity contribution >= 4 is 47.4 Å². The maximum Gasteiger partial charge on any atom is 0.191 e. The van der Waals surface area contributed by atoms with Gasteiger partial charge >= 0.3 is 0 Å². The van der Waals surface area contributed by atoms with E-state index in [1.165, 1.54) is 18.2 Å². The lowest BCUT2D eigenvalue weighted by Crippen LogP contribution is -2.45. The van der Waals surface area contributed by atoms with E-state index < -0.39 is 11.6 Å². The predicted molar refractivity (Wildman–Crippen MR) is 133 cm³/mol. The van der Waals surface area contributed by atoms with Crippen LogP contribution in [0.5, 0.6) is 0 Å². The molecule has 0 aliphatic carbocycles. The molecule has 1 aromatic carbocycles. The highest BCUT2D eigenvalue weighted by Gasteiger charge is 2.27. The Morgan fingerprint density at radius 3 is 2.68 bits per heavy atom. The zero-order chi connectivity index (χ0) is 21.5. The van der Waals surface area contributed by atoms with Crippen molar-refractivity contribution in [1.82, 2.24) is 25.4 Å². The normalized spacial score (nSPS) is 16.4. The van der Waals surface area contributed by atoms with Crippen molar-refractivity contribution in [1.29, 1.82) is 0 Å². The first-order valence-electron chi connectivity index (χ1n) is 10.1. The van der Waals surface area contributed by atoms with Gasteiger partial charge in [-0.1, -0.05) is 6.07 Å². The van der Waals surface area contributed by atoms with Crippen molar-refractivity contribution in [2.75, 3.05) is 36.5 Å². The van der Waals surface area contributed by atoms with Crippen molar-refractivity contribution in [2.24, 2.45) is 12.0 Å². The molecule has 2 N–H and O–H groups in total. The van der Waals surface area contributed by atoms with Crippen LogP contribution in [0.4, 0.5) is 14.5 Å². The Kier molecular flexibility index (Phi) is 10.3. The van der Waals surface area contributed by atoms with E-state index in [1.54, 1.807) is 16.7 Å². The lowest BCUT2D eigenvalue weighted by molar-refractivity contribution is 0.575. The molecule has 11 heteroatoms. The Labute approximate surface area is 203 Å². The first-order valence-corrected chi connectivity index (χ1v) is 11.5. The Hall–Kier alpha value is -1.63. The number of anilines is 1. The van der Waals surface area contributed by atoms with Gasteiger partial charge in [-0.05, 0) is 43.9 Å². The monoisotopic (exact) mass is 565 g/mol. The average Bonchev–Trinajstić information content (AvgIpc) is 3.30. The van der Waals surface area contributed by atoms with Gasteiger partial charge < -0.3 is 20.1 Å². The Balaban J connectivity index is 0.00000341. The van der Waals surface area contributed by atoms with E-state index in [-0.39, 0.29) is 35.7 Å². The third-order valence-corrected chi connectivity index (χ3v) is 5.86. The summed E-state index contributed by atoms with van der Waals surface area (Å²) in [5.41, 5.74) is 0.0442. The lowest BCUT2D eigenvalue weighted by Gasteiger charge is -2.21. The SMILES string of the molecule is CSCCCNC(=NCc1nnc(C)n1C)NC1CCN(c2c(F)cccc2F)C1.I. The highest BCUT2D eigenvalue weighted by atomic mass is 127.